The Morgan fingerprint density at radius 3 is 2.81 bits per heavy atom. The fourth-order valence-corrected chi connectivity index (χ4v) is 2.86. The maximum absolute atomic E-state index is 13.5. The molecule has 6 heteroatoms. The summed E-state index contributed by atoms with van der Waals surface area (Å²) < 4.78 is 14.7. The van der Waals surface area contributed by atoms with Gasteiger partial charge in [0.2, 0.25) is 5.82 Å². The van der Waals surface area contributed by atoms with Gasteiger partial charge in [0, 0.05) is 23.0 Å². The summed E-state index contributed by atoms with van der Waals surface area (Å²) in [6.45, 7) is 0.407. The Morgan fingerprint density at radius 2 is 2.05 bits per heavy atom. The molecule has 0 aliphatic heterocycles. The molecule has 0 radical (unpaired) electrons. The summed E-state index contributed by atoms with van der Waals surface area (Å²) >= 11 is 1.68. The number of nitro groups is 1. The first-order chi connectivity index (χ1) is 10.1. The molecule has 0 amide bonds. The van der Waals surface area contributed by atoms with Gasteiger partial charge in [0.05, 0.1) is 4.92 Å². The van der Waals surface area contributed by atoms with Crippen molar-refractivity contribution in [3.63, 3.8) is 0 Å². The highest BCUT2D eigenvalue weighted by Gasteiger charge is 2.13. The molecule has 1 heterocycles. The summed E-state index contributed by atoms with van der Waals surface area (Å²) in [6, 6.07) is 12.0. The number of rotatable bonds is 4. The quantitative estimate of drug-likeness (QED) is 0.567. The Hall–Kier alpha value is -2.47. The molecule has 1 aromatic heterocycles. The van der Waals surface area contributed by atoms with Crippen molar-refractivity contribution in [3.8, 4) is 0 Å². The van der Waals surface area contributed by atoms with Crippen LogP contribution in [0.2, 0.25) is 0 Å². The van der Waals surface area contributed by atoms with Gasteiger partial charge in [0.1, 0.15) is 0 Å². The number of hydrogen-bond donors (Lipinski definition) is 1. The van der Waals surface area contributed by atoms with Crippen LogP contribution in [0.25, 0.3) is 10.1 Å². The van der Waals surface area contributed by atoms with E-state index in [1.54, 1.807) is 17.4 Å². The zero-order chi connectivity index (χ0) is 14.8. The predicted octanol–water partition coefficient (Wildman–Crippen LogP) is 4.56. The van der Waals surface area contributed by atoms with Gasteiger partial charge >= 0.3 is 5.69 Å². The zero-order valence-electron chi connectivity index (χ0n) is 10.9. The van der Waals surface area contributed by atoms with E-state index in [0.29, 0.717) is 12.1 Å². The zero-order valence-corrected chi connectivity index (χ0v) is 11.7. The summed E-state index contributed by atoms with van der Waals surface area (Å²) in [5.74, 6) is -0.812. The van der Waals surface area contributed by atoms with E-state index in [-0.39, 0.29) is 0 Å². The van der Waals surface area contributed by atoms with Crippen LogP contribution >= 0.6 is 11.3 Å². The number of anilines is 1. The van der Waals surface area contributed by atoms with Gasteiger partial charge in [-0.2, -0.15) is 4.39 Å². The minimum absolute atomic E-state index is 0.407. The monoisotopic (exact) mass is 302 g/mol. The third-order valence-corrected chi connectivity index (χ3v) is 4.06. The fraction of sp³-hybridized carbons (Fsp3) is 0.0667. The Bertz CT molecular complexity index is 816. The molecule has 0 bridgehead atoms. The van der Waals surface area contributed by atoms with E-state index in [1.165, 1.54) is 16.8 Å². The van der Waals surface area contributed by atoms with Gasteiger partial charge in [-0.3, -0.25) is 10.1 Å². The molecule has 3 aromatic rings. The van der Waals surface area contributed by atoms with Gasteiger partial charge < -0.3 is 5.32 Å². The number of nitro benzene ring substituents is 1. The molecule has 0 saturated carbocycles. The van der Waals surface area contributed by atoms with Crippen molar-refractivity contribution in [1.82, 2.24) is 0 Å². The Morgan fingerprint density at radius 1 is 1.19 bits per heavy atom. The summed E-state index contributed by atoms with van der Waals surface area (Å²) in [5, 5.41) is 16.9. The van der Waals surface area contributed by atoms with Crippen molar-refractivity contribution in [2.45, 2.75) is 6.54 Å². The van der Waals surface area contributed by atoms with E-state index in [1.807, 2.05) is 29.6 Å². The molecule has 21 heavy (non-hydrogen) atoms. The molecule has 4 nitrogen and oxygen atoms in total. The first-order valence-corrected chi connectivity index (χ1v) is 7.15. The first kappa shape index (κ1) is 13.5. The van der Waals surface area contributed by atoms with Crippen molar-refractivity contribution < 1.29 is 9.31 Å². The van der Waals surface area contributed by atoms with Gasteiger partial charge in [-0.05, 0) is 46.7 Å². The van der Waals surface area contributed by atoms with Crippen molar-refractivity contribution in [1.29, 1.82) is 0 Å². The SMILES string of the molecule is O=[N+]([O-])c1ccc(CNc2ccc3sccc3c2)cc1F. The third kappa shape index (κ3) is 2.85. The van der Waals surface area contributed by atoms with Crippen LogP contribution in [-0.4, -0.2) is 4.92 Å². The second-order valence-electron chi connectivity index (χ2n) is 4.57. The van der Waals surface area contributed by atoms with E-state index in [9.17, 15) is 14.5 Å². The van der Waals surface area contributed by atoms with Crippen LogP contribution in [0.4, 0.5) is 15.8 Å². The smallest absolute Gasteiger partial charge is 0.304 e. The van der Waals surface area contributed by atoms with Crippen LogP contribution < -0.4 is 5.32 Å². The van der Waals surface area contributed by atoms with Crippen LogP contribution in [0.15, 0.2) is 47.8 Å². The molecule has 0 saturated heterocycles. The van der Waals surface area contributed by atoms with E-state index < -0.39 is 16.4 Å². The van der Waals surface area contributed by atoms with Crippen LogP contribution in [-0.2, 0) is 6.54 Å². The standard InChI is InChI=1S/C15H11FN2O2S/c16-13-7-10(1-3-14(13)18(19)20)9-17-12-2-4-15-11(8-12)5-6-21-15/h1-8,17H,9H2. The lowest BCUT2D eigenvalue weighted by molar-refractivity contribution is -0.387. The molecule has 106 valence electrons. The summed E-state index contributed by atoms with van der Waals surface area (Å²) in [5.41, 5.74) is 1.08. The normalized spacial score (nSPS) is 10.7. The second kappa shape index (κ2) is 5.49. The minimum Gasteiger partial charge on any atom is -0.381 e. The number of thiophene rings is 1. The highest BCUT2D eigenvalue weighted by molar-refractivity contribution is 7.17. The van der Waals surface area contributed by atoms with E-state index in [2.05, 4.69) is 5.32 Å². The predicted molar refractivity (Wildman–Crippen MR) is 82.2 cm³/mol. The summed E-state index contributed by atoms with van der Waals surface area (Å²) in [7, 11) is 0. The van der Waals surface area contributed by atoms with Gasteiger partial charge in [0.15, 0.2) is 0 Å². The molecule has 0 aliphatic carbocycles. The topological polar surface area (TPSA) is 55.2 Å². The molecule has 0 fully saturated rings. The highest BCUT2D eigenvalue weighted by Crippen LogP contribution is 2.24. The third-order valence-electron chi connectivity index (χ3n) is 3.16. The number of nitrogens with zero attached hydrogens (tertiary/aromatic N) is 1. The van der Waals surface area contributed by atoms with E-state index in [4.69, 9.17) is 0 Å². The summed E-state index contributed by atoms with van der Waals surface area (Å²) in [4.78, 5) is 9.84. The van der Waals surface area contributed by atoms with Gasteiger partial charge in [0.25, 0.3) is 0 Å². The van der Waals surface area contributed by atoms with Crippen molar-refractivity contribution in [2.24, 2.45) is 0 Å². The van der Waals surface area contributed by atoms with Crippen LogP contribution in [0.5, 0.6) is 0 Å². The second-order valence-corrected chi connectivity index (χ2v) is 5.52. The number of nitrogens with one attached hydrogen (secondary N) is 1. The fourth-order valence-electron chi connectivity index (χ4n) is 2.09. The lowest BCUT2D eigenvalue weighted by Gasteiger charge is -2.07. The van der Waals surface area contributed by atoms with Crippen LogP contribution in [0.1, 0.15) is 5.56 Å². The molecule has 0 aliphatic rings. The first-order valence-electron chi connectivity index (χ1n) is 6.27. The maximum Gasteiger partial charge on any atom is 0.304 e. The number of benzene rings is 2. The molecule has 0 atom stereocenters. The average Bonchev–Trinajstić information content (AvgIpc) is 2.92. The molecular weight excluding hydrogens is 291 g/mol. The number of halogens is 1. The van der Waals surface area contributed by atoms with E-state index >= 15 is 0 Å². The van der Waals surface area contributed by atoms with E-state index in [0.717, 1.165) is 11.1 Å². The van der Waals surface area contributed by atoms with Crippen molar-refractivity contribution >= 4 is 32.8 Å². The Labute approximate surface area is 124 Å². The van der Waals surface area contributed by atoms with Crippen LogP contribution in [0, 0.1) is 15.9 Å². The number of hydrogen-bond acceptors (Lipinski definition) is 4. The maximum atomic E-state index is 13.5. The van der Waals surface area contributed by atoms with Gasteiger partial charge in [-0.25, -0.2) is 0 Å². The van der Waals surface area contributed by atoms with Gasteiger partial charge in [-0.1, -0.05) is 6.07 Å². The highest BCUT2D eigenvalue weighted by atomic mass is 32.1. The molecule has 3 rings (SSSR count). The molecular formula is C15H11FN2O2S. The molecule has 0 unspecified atom stereocenters. The molecule has 0 spiro atoms. The molecule has 1 N–H and O–H groups in total. The van der Waals surface area contributed by atoms with Crippen LogP contribution in [0.3, 0.4) is 0 Å². The van der Waals surface area contributed by atoms with Gasteiger partial charge in [-0.15, -0.1) is 11.3 Å². The average molecular weight is 302 g/mol. The minimum atomic E-state index is -0.812. The lowest BCUT2D eigenvalue weighted by atomic mass is 10.2. The lowest BCUT2D eigenvalue weighted by Crippen LogP contribution is -2.01. The van der Waals surface area contributed by atoms with Crippen molar-refractivity contribution in [3.05, 3.63) is 69.3 Å². The summed E-state index contributed by atoms with van der Waals surface area (Å²) in [6.07, 6.45) is 0. The number of fused-ring (bicyclic) bond motifs is 1. The largest absolute Gasteiger partial charge is 0.381 e. The van der Waals surface area contributed by atoms with Crippen molar-refractivity contribution in [2.75, 3.05) is 5.32 Å². The Balaban J connectivity index is 1.75. The molecule has 2 aromatic carbocycles. The Kier molecular flexibility index (Phi) is 3.53.